The summed E-state index contributed by atoms with van der Waals surface area (Å²) < 4.78 is 0. The first kappa shape index (κ1) is 11.8. The van der Waals surface area contributed by atoms with Gasteiger partial charge in [0, 0.05) is 17.3 Å². The largest absolute Gasteiger partial charge is 0.380 e. The summed E-state index contributed by atoms with van der Waals surface area (Å²) in [5.74, 6) is 0. The Balaban J connectivity index is 4.09. The Labute approximate surface area is 81.5 Å². The Kier molecular flexibility index (Phi) is 4.94. The molecule has 0 aromatic carbocycles. The summed E-state index contributed by atoms with van der Waals surface area (Å²) in [7, 11) is 0. The van der Waals surface area contributed by atoms with Gasteiger partial charge in [0.1, 0.15) is 0 Å². The maximum Gasteiger partial charge on any atom is 0.0349 e. The molecular formula is C12H19N. The zero-order valence-electron chi connectivity index (χ0n) is 9.02. The second-order valence-corrected chi connectivity index (χ2v) is 3.90. The Morgan fingerprint density at radius 1 is 1.38 bits per heavy atom. The highest BCUT2D eigenvalue weighted by molar-refractivity contribution is 5.15. The van der Waals surface area contributed by atoms with Crippen LogP contribution in [0.1, 0.15) is 27.7 Å². The van der Waals surface area contributed by atoms with Crippen LogP contribution in [0.15, 0.2) is 42.3 Å². The first-order valence-electron chi connectivity index (χ1n) is 4.46. The Morgan fingerprint density at radius 2 is 2.00 bits per heavy atom. The molecule has 0 aromatic heterocycles. The summed E-state index contributed by atoms with van der Waals surface area (Å²) in [4.78, 5) is 0. The molecule has 0 aliphatic heterocycles. The van der Waals surface area contributed by atoms with Gasteiger partial charge in [-0.15, -0.1) is 5.73 Å². The van der Waals surface area contributed by atoms with Crippen LogP contribution in [-0.4, -0.2) is 5.54 Å². The fraction of sp³-hybridized carbons (Fsp3) is 0.417. The van der Waals surface area contributed by atoms with E-state index in [2.05, 4.69) is 38.4 Å². The van der Waals surface area contributed by atoms with E-state index in [0.717, 1.165) is 5.70 Å². The van der Waals surface area contributed by atoms with Crippen LogP contribution < -0.4 is 5.32 Å². The molecule has 1 heteroatoms. The van der Waals surface area contributed by atoms with Crippen LogP contribution in [0.2, 0.25) is 0 Å². The predicted octanol–water partition coefficient (Wildman–Crippen LogP) is 3.18. The zero-order valence-corrected chi connectivity index (χ0v) is 9.02. The molecule has 0 saturated heterocycles. The van der Waals surface area contributed by atoms with Crippen LogP contribution in [0.5, 0.6) is 0 Å². The van der Waals surface area contributed by atoms with Gasteiger partial charge in [0.2, 0.25) is 0 Å². The molecule has 13 heavy (non-hydrogen) atoms. The van der Waals surface area contributed by atoms with Crippen LogP contribution in [0.4, 0.5) is 0 Å². The van der Waals surface area contributed by atoms with Gasteiger partial charge in [-0.2, -0.15) is 0 Å². The summed E-state index contributed by atoms with van der Waals surface area (Å²) in [5.41, 5.74) is 3.96. The summed E-state index contributed by atoms with van der Waals surface area (Å²) in [6, 6.07) is 0. The van der Waals surface area contributed by atoms with E-state index in [-0.39, 0.29) is 5.54 Å². The maximum absolute atomic E-state index is 3.86. The molecule has 0 atom stereocenters. The summed E-state index contributed by atoms with van der Waals surface area (Å²) in [6.07, 6.45) is 7.59. The van der Waals surface area contributed by atoms with Crippen molar-refractivity contribution in [1.82, 2.24) is 5.32 Å². The van der Waals surface area contributed by atoms with Gasteiger partial charge < -0.3 is 5.32 Å². The van der Waals surface area contributed by atoms with Gasteiger partial charge in [-0.1, -0.05) is 18.7 Å². The van der Waals surface area contributed by atoms with Crippen LogP contribution in [-0.2, 0) is 0 Å². The smallest absolute Gasteiger partial charge is 0.0349 e. The van der Waals surface area contributed by atoms with Gasteiger partial charge in [-0.3, -0.25) is 0 Å². The van der Waals surface area contributed by atoms with Gasteiger partial charge in [-0.05, 0) is 33.8 Å². The second-order valence-electron chi connectivity index (χ2n) is 3.90. The number of hydrogen-bond donors (Lipinski definition) is 1. The van der Waals surface area contributed by atoms with Crippen molar-refractivity contribution < 1.29 is 0 Å². The lowest BCUT2D eigenvalue weighted by atomic mass is 10.1. The van der Waals surface area contributed by atoms with Gasteiger partial charge in [-0.25, -0.2) is 0 Å². The molecule has 1 N–H and O–H groups in total. The van der Waals surface area contributed by atoms with Crippen molar-refractivity contribution in [2.75, 3.05) is 0 Å². The highest BCUT2D eigenvalue weighted by Crippen LogP contribution is 2.02. The lowest BCUT2D eigenvalue weighted by Gasteiger charge is -2.21. The fourth-order valence-electron chi connectivity index (χ4n) is 0.818. The molecule has 1 nitrogen and oxygen atoms in total. The van der Waals surface area contributed by atoms with E-state index in [1.807, 2.05) is 31.2 Å². The molecule has 0 saturated carbocycles. The minimum atomic E-state index is 0.0653. The summed E-state index contributed by atoms with van der Waals surface area (Å²) in [5, 5.41) is 3.24. The van der Waals surface area contributed by atoms with Crippen molar-refractivity contribution in [3.63, 3.8) is 0 Å². The first-order valence-corrected chi connectivity index (χ1v) is 4.46. The third-order valence-electron chi connectivity index (χ3n) is 1.18. The maximum atomic E-state index is 3.86. The van der Waals surface area contributed by atoms with E-state index >= 15 is 0 Å². The van der Waals surface area contributed by atoms with Gasteiger partial charge in [0.25, 0.3) is 0 Å². The Hall–Kier alpha value is -1.20. The molecule has 0 bridgehead atoms. The molecule has 0 unspecified atom stereocenters. The van der Waals surface area contributed by atoms with Crippen molar-refractivity contribution in [3.8, 4) is 0 Å². The van der Waals surface area contributed by atoms with E-state index in [1.54, 1.807) is 0 Å². The molecule has 0 aromatic rings. The highest BCUT2D eigenvalue weighted by atomic mass is 14.9. The van der Waals surface area contributed by atoms with E-state index in [9.17, 15) is 0 Å². The second kappa shape index (κ2) is 5.45. The summed E-state index contributed by atoms with van der Waals surface area (Å²) in [6.45, 7) is 12.1. The van der Waals surface area contributed by atoms with Gasteiger partial charge in [0.15, 0.2) is 0 Å². The molecule has 0 aliphatic rings. The number of rotatable bonds is 3. The van der Waals surface area contributed by atoms with Crippen molar-refractivity contribution >= 4 is 0 Å². The molecule has 72 valence electrons. The van der Waals surface area contributed by atoms with Crippen molar-refractivity contribution in [1.29, 1.82) is 0 Å². The van der Waals surface area contributed by atoms with Crippen LogP contribution >= 0.6 is 0 Å². The van der Waals surface area contributed by atoms with E-state index in [1.165, 1.54) is 0 Å². The Bertz CT molecular complexity index is 245. The fourth-order valence-corrected chi connectivity index (χ4v) is 0.818. The number of allylic oxidation sites excluding steroid dienone is 3. The average Bonchev–Trinajstić information content (AvgIpc) is 1.94. The van der Waals surface area contributed by atoms with Crippen LogP contribution in [0.3, 0.4) is 0 Å². The first-order chi connectivity index (χ1) is 5.95. The van der Waals surface area contributed by atoms with Crippen LogP contribution in [0, 0.1) is 0 Å². The van der Waals surface area contributed by atoms with Crippen molar-refractivity contribution in [3.05, 3.63) is 42.3 Å². The molecular weight excluding hydrogens is 158 g/mol. The van der Waals surface area contributed by atoms with Crippen molar-refractivity contribution in [2.45, 2.75) is 33.2 Å². The molecule has 0 heterocycles. The van der Waals surface area contributed by atoms with Crippen molar-refractivity contribution in [2.24, 2.45) is 0 Å². The normalized spacial score (nSPS) is 10.8. The average molecular weight is 177 g/mol. The molecule has 0 fully saturated rings. The number of hydrogen-bond acceptors (Lipinski definition) is 1. The van der Waals surface area contributed by atoms with Crippen LogP contribution in [0.25, 0.3) is 0 Å². The Morgan fingerprint density at radius 3 is 2.46 bits per heavy atom. The lowest BCUT2D eigenvalue weighted by Crippen LogP contribution is -2.33. The zero-order chi connectivity index (χ0) is 10.3. The SMILES string of the molecule is C=C(C=C=C/C=C\C)NC(C)(C)C. The molecule has 0 rings (SSSR count). The topological polar surface area (TPSA) is 12.0 Å². The quantitative estimate of drug-likeness (QED) is 0.515. The van der Waals surface area contributed by atoms with E-state index in [0.29, 0.717) is 0 Å². The minimum Gasteiger partial charge on any atom is -0.380 e. The molecule has 0 spiro atoms. The van der Waals surface area contributed by atoms with Gasteiger partial charge >= 0.3 is 0 Å². The summed E-state index contributed by atoms with van der Waals surface area (Å²) >= 11 is 0. The third-order valence-corrected chi connectivity index (χ3v) is 1.18. The minimum absolute atomic E-state index is 0.0653. The van der Waals surface area contributed by atoms with E-state index in [4.69, 9.17) is 0 Å². The molecule has 0 amide bonds. The third kappa shape index (κ3) is 8.71. The predicted molar refractivity (Wildman–Crippen MR) is 59.5 cm³/mol. The van der Waals surface area contributed by atoms with Gasteiger partial charge in [0.05, 0.1) is 0 Å². The number of nitrogens with one attached hydrogen (secondary N) is 1. The standard InChI is InChI=1S/C12H19N/c1-6-7-8-9-10-11(2)13-12(3,4)5/h6-8,10,13H,2H2,1,3-5H3/b7-6-. The van der Waals surface area contributed by atoms with E-state index < -0.39 is 0 Å². The highest BCUT2D eigenvalue weighted by Gasteiger charge is 2.07. The lowest BCUT2D eigenvalue weighted by molar-refractivity contribution is 0.480. The molecule has 0 aliphatic carbocycles. The monoisotopic (exact) mass is 177 g/mol. The molecule has 0 radical (unpaired) electrons.